The first-order valence-corrected chi connectivity index (χ1v) is 6.11. The van der Waals surface area contributed by atoms with Crippen LogP contribution in [0.5, 0.6) is 0 Å². The molecule has 0 saturated carbocycles. The maximum absolute atomic E-state index is 13.1. The third kappa shape index (κ3) is 2.39. The number of nitrogens with one attached hydrogen (secondary N) is 2. The summed E-state index contributed by atoms with van der Waals surface area (Å²) in [5, 5.41) is 6.43. The Kier molecular flexibility index (Phi) is 3.08. The zero-order chi connectivity index (χ0) is 13.2. The number of carbonyl (C=O) groups is 1. The monoisotopic (exact) mass is 260 g/mol. The predicted molar refractivity (Wildman–Crippen MR) is 69.5 cm³/mol. The predicted octanol–water partition coefficient (Wildman–Crippen LogP) is 1.27. The fourth-order valence-corrected chi connectivity index (χ4v) is 2.21. The van der Waals surface area contributed by atoms with E-state index in [-0.39, 0.29) is 18.9 Å². The van der Waals surface area contributed by atoms with Crippen LogP contribution in [0.3, 0.4) is 0 Å². The van der Waals surface area contributed by atoms with Crippen LogP contribution in [0.1, 0.15) is 6.42 Å². The zero-order valence-electron chi connectivity index (χ0n) is 10.1. The normalized spacial score (nSPS) is 22.6. The lowest BCUT2D eigenvalue weighted by molar-refractivity contribution is -0.117. The molecule has 0 spiro atoms. The molecule has 6 heteroatoms. The van der Waals surface area contributed by atoms with Crippen molar-refractivity contribution >= 4 is 22.5 Å². The van der Waals surface area contributed by atoms with Crippen molar-refractivity contribution in [1.82, 2.24) is 15.3 Å². The molecule has 1 fully saturated rings. The van der Waals surface area contributed by atoms with Gasteiger partial charge in [-0.2, -0.15) is 0 Å². The largest absolute Gasteiger partial charge is 0.324 e. The second-order valence-electron chi connectivity index (χ2n) is 4.53. The third-order valence-electron chi connectivity index (χ3n) is 3.19. The molecule has 19 heavy (non-hydrogen) atoms. The Balaban J connectivity index is 1.83. The van der Waals surface area contributed by atoms with Crippen molar-refractivity contribution in [3.05, 3.63) is 30.7 Å². The summed E-state index contributed by atoms with van der Waals surface area (Å²) < 4.78 is 13.1. The molecule has 2 aromatic rings. The van der Waals surface area contributed by atoms with Gasteiger partial charge in [-0.25, -0.2) is 4.39 Å². The highest BCUT2D eigenvalue weighted by molar-refractivity contribution is 6.02. The van der Waals surface area contributed by atoms with Crippen molar-refractivity contribution in [3.8, 4) is 0 Å². The fourth-order valence-electron chi connectivity index (χ4n) is 2.21. The van der Waals surface area contributed by atoms with Crippen LogP contribution >= 0.6 is 0 Å². The number of nitrogens with zero attached hydrogens (tertiary/aromatic N) is 2. The highest BCUT2D eigenvalue weighted by Crippen LogP contribution is 2.21. The van der Waals surface area contributed by atoms with Crippen molar-refractivity contribution in [3.63, 3.8) is 0 Å². The second-order valence-corrected chi connectivity index (χ2v) is 4.53. The van der Waals surface area contributed by atoms with Gasteiger partial charge in [0.25, 0.3) is 0 Å². The van der Waals surface area contributed by atoms with E-state index in [9.17, 15) is 9.18 Å². The van der Waals surface area contributed by atoms with Gasteiger partial charge >= 0.3 is 0 Å². The summed E-state index contributed by atoms with van der Waals surface area (Å²) in [6, 6.07) is 3.01. The van der Waals surface area contributed by atoms with Gasteiger partial charge in [0.15, 0.2) is 0 Å². The minimum absolute atomic E-state index is 0.215. The van der Waals surface area contributed by atoms with Crippen LogP contribution in [0, 0.1) is 0 Å². The summed E-state index contributed by atoms with van der Waals surface area (Å²) in [6.07, 6.45) is 4.18. The number of aromatic nitrogens is 2. The number of hydrogen-bond acceptors (Lipinski definition) is 4. The van der Waals surface area contributed by atoms with Crippen LogP contribution in [-0.4, -0.2) is 34.6 Å². The van der Waals surface area contributed by atoms with Gasteiger partial charge in [-0.15, -0.1) is 0 Å². The maximum Gasteiger partial charge on any atom is 0.241 e. The molecule has 3 rings (SSSR count). The van der Waals surface area contributed by atoms with Crippen molar-refractivity contribution in [2.45, 2.75) is 18.6 Å². The van der Waals surface area contributed by atoms with Crippen LogP contribution in [0.2, 0.25) is 0 Å². The summed E-state index contributed by atoms with van der Waals surface area (Å²) >= 11 is 0. The Morgan fingerprint density at radius 3 is 3.11 bits per heavy atom. The van der Waals surface area contributed by atoms with Crippen molar-refractivity contribution in [2.75, 3.05) is 11.9 Å². The molecule has 0 bridgehead atoms. The lowest BCUT2D eigenvalue weighted by atomic mass is 10.2. The van der Waals surface area contributed by atoms with Crippen LogP contribution in [0.4, 0.5) is 10.1 Å². The fraction of sp³-hybridized carbons (Fsp3) is 0.308. The molecule has 3 heterocycles. The summed E-state index contributed by atoms with van der Waals surface area (Å²) in [4.78, 5) is 20.2. The van der Waals surface area contributed by atoms with Crippen LogP contribution in [-0.2, 0) is 4.79 Å². The van der Waals surface area contributed by atoms with Gasteiger partial charge in [-0.1, -0.05) is 0 Å². The highest BCUT2D eigenvalue weighted by atomic mass is 19.1. The van der Waals surface area contributed by atoms with Gasteiger partial charge in [-0.05, 0) is 12.1 Å². The Labute approximate surface area is 109 Å². The van der Waals surface area contributed by atoms with Gasteiger partial charge in [0.1, 0.15) is 6.17 Å². The average molecular weight is 260 g/mol. The molecule has 0 aliphatic carbocycles. The Hall–Kier alpha value is -2.08. The van der Waals surface area contributed by atoms with E-state index in [1.54, 1.807) is 30.7 Å². The highest BCUT2D eigenvalue weighted by Gasteiger charge is 2.29. The molecular formula is C13H13FN4O. The number of anilines is 1. The molecule has 1 aliphatic heterocycles. The minimum Gasteiger partial charge on any atom is -0.324 e. The van der Waals surface area contributed by atoms with E-state index in [0.717, 1.165) is 10.9 Å². The number of rotatable bonds is 2. The number of fused-ring (bicyclic) bond motifs is 1. The smallest absolute Gasteiger partial charge is 0.241 e. The number of pyridine rings is 2. The van der Waals surface area contributed by atoms with Crippen molar-refractivity contribution in [2.24, 2.45) is 0 Å². The van der Waals surface area contributed by atoms with E-state index < -0.39 is 12.2 Å². The number of amides is 1. The standard InChI is InChI=1S/C13H13FN4O/c14-8-5-12(17-6-8)13(19)18-11-2-4-16-10-1-3-15-7-9(10)11/h1-4,7-8,12,17H,5-6H2,(H,16,18,19)/t8-,12+/m0/s1. The van der Waals surface area contributed by atoms with Crippen molar-refractivity contribution in [1.29, 1.82) is 0 Å². The van der Waals surface area contributed by atoms with Crippen LogP contribution in [0.25, 0.3) is 10.9 Å². The van der Waals surface area contributed by atoms with E-state index in [2.05, 4.69) is 20.6 Å². The van der Waals surface area contributed by atoms with E-state index in [1.807, 2.05) is 0 Å². The van der Waals surface area contributed by atoms with E-state index in [0.29, 0.717) is 5.69 Å². The lowest BCUT2D eigenvalue weighted by Crippen LogP contribution is -2.35. The molecule has 98 valence electrons. The molecule has 1 saturated heterocycles. The van der Waals surface area contributed by atoms with Crippen LogP contribution < -0.4 is 10.6 Å². The lowest BCUT2D eigenvalue weighted by Gasteiger charge is -2.12. The minimum atomic E-state index is -0.952. The number of halogens is 1. The Morgan fingerprint density at radius 2 is 2.32 bits per heavy atom. The second kappa shape index (κ2) is 4.89. The first-order valence-electron chi connectivity index (χ1n) is 6.11. The molecule has 1 aliphatic rings. The third-order valence-corrected chi connectivity index (χ3v) is 3.19. The number of hydrogen-bond donors (Lipinski definition) is 2. The van der Waals surface area contributed by atoms with E-state index in [1.165, 1.54) is 0 Å². The Bertz CT molecular complexity index is 613. The summed E-state index contributed by atoms with van der Waals surface area (Å²) in [7, 11) is 0. The quantitative estimate of drug-likeness (QED) is 0.853. The molecule has 2 atom stereocenters. The van der Waals surface area contributed by atoms with Crippen LogP contribution in [0.15, 0.2) is 30.7 Å². The van der Waals surface area contributed by atoms with E-state index in [4.69, 9.17) is 0 Å². The molecule has 0 unspecified atom stereocenters. The number of carbonyl (C=O) groups excluding carboxylic acids is 1. The Morgan fingerprint density at radius 1 is 1.42 bits per heavy atom. The van der Waals surface area contributed by atoms with E-state index >= 15 is 0 Å². The van der Waals surface area contributed by atoms with Gasteiger partial charge in [0.2, 0.25) is 5.91 Å². The first kappa shape index (κ1) is 12.0. The summed E-state index contributed by atoms with van der Waals surface area (Å²) in [5.41, 5.74) is 1.41. The number of alkyl halides is 1. The molecular weight excluding hydrogens is 247 g/mol. The van der Waals surface area contributed by atoms with Gasteiger partial charge in [0, 0.05) is 36.9 Å². The average Bonchev–Trinajstić information content (AvgIpc) is 2.86. The van der Waals surface area contributed by atoms with Crippen molar-refractivity contribution < 1.29 is 9.18 Å². The van der Waals surface area contributed by atoms with Gasteiger partial charge in [-0.3, -0.25) is 14.8 Å². The molecule has 0 aromatic carbocycles. The molecule has 5 nitrogen and oxygen atoms in total. The zero-order valence-corrected chi connectivity index (χ0v) is 10.1. The SMILES string of the molecule is O=C(Nc1ccnc2ccncc12)[C@H]1C[C@H](F)CN1. The van der Waals surface area contributed by atoms with Gasteiger partial charge < -0.3 is 10.6 Å². The molecule has 2 aromatic heterocycles. The molecule has 2 N–H and O–H groups in total. The summed E-state index contributed by atoms with van der Waals surface area (Å²) in [5.74, 6) is -0.225. The molecule has 0 radical (unpaired) electrons. The topological polar surface area (TPSA) is 66.9 Å². The maximum atomic E-state index is 13.1. The first-order chi connectivity index (χ1) is 9.24. The summed E-state index contributed by atoms with van der Waals surface area (Å²) in [6.45, 7) is 0.233. The molecule has 1 amide bonds. The van der Waals surface area contributed by atoms with Gasteiger partial charge in [0.05, 0.1) is 17.2 Å².